The van der Waals surface area contributed by atoms with Crippen LogP contribution in [-0.4, -0.2) is 17.3 Å². The molecule has 4 nitrogen and oxygen atoms in total. The molecule has 1 aliphatic rings. The van der Waals surface area contributed by atoms with Crippen molar-refractivity contribution in [1.82, 2.24) is 9.88 Å². The summed E-state index contributed by atoms with van der Waals surface area (Å²) < 4.78 is 1.78. The quantitative estimate of drug-likeness (QED) is 0.135. The van der Waals surface area contributed by atoms with E-state index in [1.54, 1.807) is 4.57 Å². The van der Waals surface area contributed by atoms with Gasteiger partial charge in [0.1, 0.15) is 0 Å². The summed E-state index contributed by atoms with van der Waals surface area (Å²) in [5.41, 5.74) is 10.6. The van der Waals surface area contributed by atoms with E-state index in [1.807, 2.05) is 31.5 Å². The molecule has 4 aromatic rings. The van der Waals surface area contributed by atoms with Crippen LogP contribution in [0.25, 0.3) is 22.3 Å². The van der Waals surface area contributed by atoms with Gasteiger partial charge in [0.05, 0.1) is 5.70 Å². The van der Waals surface area contributed by atoms with Gasteiger partial charge in [0.25, 0.3) is 5.56 Å². The number of rotatable bonds is 15. The Balaban J connectivity index is 1.31. The van der Waals surface area contributed by atoms with Gasteiger partial charge in [-0.15, -0.1) is 0 Å². The molecule has 0 amide bonds. The Kier molecular flexibility index (Phi) is 13.5. The van der Waals surface area contributed by atoms with Crippen LogP contribution in [0, 0.1) is 5.92 Å². The standard InChI is InChI=1S/C45H56ClN3O/c1-7-12-34(20-17-31(4)5)35-21-18-32(19-22-35)28-47-30-40-15-11-16-44-39(29-48-40)27-42(45(50)49(44)6)41-26-38(23-24-43(41)46)37-14-10-13-36(25-37)33(8-2)9-3/h10,13-15,18-19,21-27,29,31,33-34,47H,7-9,11-12,16-17,20,28,30H2,1-6H3/b40-15+,48-29?. The van der Waals surface area contributed by atoms with E-state index in [-0.39, 0.29) is 5.56 Å². The van der Waals surface area contributed by atoms with E-state index in [0.29, 0.717) is 29.0 Å². The number of nitrogens with one attached hydrogen (secondary N) is 1. The van der Waals surface area contributed by atoms with Crippen LogP contribution in [0.3, 0.4) is 0 Å². The van der Waals surface area contributed by atoms with Crippen molar-refractivity contribution in [2.24, 2.45) is 18.0 Å². The number of allylic oxidation sites excluding steroid dienone is 1. The van der Waals surface area contributed by atoms with Crippen molar-refractivity contribution in [2.45, 2.75) is 104 Å². The normalized spacial score (nSPS) is 14.7. The SMILES string of the molecule is CCCC(CCC(C)C)c1ccc(CNC/C2=C\CCc3c(cc(-c4cc(-c5cccc(C(CC)CC)c5)ccc4Cl)c(=O)n3C)C=N2)cc1. The fraction of sp³-hybridized carbons (Fsp3) is 0.422. The molecule has 1 aromatic heterocycles. The van der Waals surface area contributed by atoms with Crippen LogP contribution in [-0.2, 0) is 20.0 Å². The Morgan fingerprint density at radius 1 is 0.820 bits per heavy atom. The summed E-state index contributed by atoms with van der Waals surface area (Å²) in [6, 6.07) is 26.0. The fourth-order valence-corrected chi connectivity index (χ4v) is 7.58. The molecule has 0 bridgehead atoms. The van der Waals surface area contributed by atoms with Gasteiger partial charge in [-0.1, -0.05) is 120 Å². The van der Waals surface area contributed by atoms with Crippen LogP contribution in [0.2, 0.25) is 5.02 Å². The molecular weight excluding hydrogens is 634 g/mol. The van der Waals surface area contributed by atoms with E-state index in [0.717, 1.165) is 71.8 Å². The van der Waals surface area contributed by atoms with Crippen molar-refractivity contribution in [3.8, 4) is 22.3 Å². The number of nitrogens with zero attached hydrogens (tertiary/aromatic N) is 2. The molecule has 2 heterocycles. The molecule has 1 unspecified atom stereocenters. The minimum atomic E-state index is -0.0413. The Morgan fingerprint density at radius 2 is 1.58 bits per heavy atom. The van der Waals surface area contributed by atoms with Crippen LogP contribution in [0.1, 0.15) is 119 Å². The molecule has 0 saturated heterocycles. The first-order valence-electron chi connectivity index (χ1n) is 18.9. The molecule has 0 spiro atoms. The summed E-state index contributed by atoms with van der Waals surface area (Å²) in [7, 11) is 1.86. The first kappa shape index (κ1) is 37.5. The summed E-state index contributed by atoms with van der Waals surface area (Å²) in [6.45, 7) is 12.9. The van der Waals surface area contributed by atoms with Gasteiger partial charge >= 0.3 is 0 Å². The summed E-state index contributed by atoms with van der Waals surface area (Å²) >= 11 is 6.81. The van der Waals surface area contributed by atoms with Gasteiger partial charge in [-0.3, -0.25) is 9.79 Å². The van der Waals surface area contributed by atoms with Crippen molar-refractivity contribution in [3.05, 3.63) is 128 Å². The van der Waals surface area contributed by atoms with Crippen LogP contribution in [0.4, 0.5) is 0 Å². The summed E-state index contributed by atoms with van der Waals surface area (Å²) in [5, 5.41) is 4.18. The Hall–Kier alpha value is -3.73. The predicted octanol–water partition coefficient (Wildman–Crippen LogP) is 11.6. The lowest BCUT2D eigenvalue weighted by Gasteiger charge is -2.18. The van der Waals surface area contributed by atoms with Gasteiger partial charge in [0.15, 0.2) is 0 Å². The van der Waals surface area contributed by atoms with E-state index >= 15 is 0 Å². The molecule has 1 N–H and O–H groups in total. The Labute approximate surface area is 305 Å². The zero-order valence-corrected chi connectivity index (χ0v) is 31.8. The topological polar surface area (TPSA) is 46.4 Å². The number of benzene rings is 3. The largest absolute Gasteiger partial charge is 0.315 e. The van der Waals surface area contributed by atoms with Crippen molar-refractivity contribution in [1.29, 1.82) is 0 Å². The van der Waals surface area contributed by atoms with Crippen molar-refractivity contribution >= 4 is 17.8 Å². The maximum absolute atomic E-state index is 13.8. The van der Waals surface area contributed by atoms with E-state index in [1.165, 1.54) is 42.4 Å². The minimum absolute atomic E-state index is 0.0413. The number of aromatic nitrogens is 1. The average molecular weight is 690 g/mol. The highest BCUT2D eigenvalue weighted by atomic mass is 35.5. The molecule has 0 saturated carbocycles. The van der Waals surface area contributed by atoms with Gasteiger partial charge < -0.3 is 9.88 Å². The monoisotopic (exact) mass is 689 g/mol. The molecular formula is C45H56ClN3O. The summed E-state index contributed by atoms with van der Waals surface area (Å²) in [4.78, 5) is 18.7. The molecule has 3 aromatic carbocycles. The molecule has 0 radical (unpaired) electrons. The molecule has 1 aliphatic heterocycles. The number of hydrogen-bond acceptors (Lipinski definition) is 3. The van der Waals surface area contributed by atoms with Gasteiger partial charge in [-0.2, -0.15) is 0 Å². The zero-order valence-electron chi connectivity index (χ0n) is 31.1. The first-order valence-corrected chi connectivity index (χ1v) is 19.3. The molecule has 5 rings (SSSR count). The second-order valence-electron chi connectivity index (χ2n) is 14.5. The predicted molar refractivity (Wildman–Crippen MR) is 215 cm³/mol. The molecule has 0 aliphatic carbocycles. The van der Waals surface area contributed by atoms with Crippen molar-refractivity contribution in [2.75, 3.05) is 6.54 Å². The fourth-order valence-electron chi connectivity index (χ4n) is 7.36. The maximum atomic E-state index is 13.8. The van der Waals surface area contributed by atoms with E-state index in [2.05, 4.69) is 101 Å². The third-order valence-corrected chi connectivity index (χ3v) is 10.8. The van der Waals surface area contributed by atoms with Gasteiger partial charge in [0.2, 0.25) is 0 Å². The van der Waals surface area contributed by atoms with E-state index < -0.39 is 0 Å². The third kappa shape index (κ3) is 9.33. The van der Waals surface area contributed by atoms with Gasteiger partial charge in [-0.25, -0.2) is 0 Å². The van der Waals surface area contributed by atoms with Gasteiger partial charge in [0, 0.05) is 53.8 Å². The lowest BCUT2D eigenvalue weighted by atomic mass is 9.87. The molecule has 1 atom stereocenters. The molecule has 5 heteroatoms. The number of fused-ring (bicyclic) bond motifs is 1. The third-order valence-electron chi connectivity index (χ3n) is 10.5. The van der Waals surface area contributed by atoms with Gasteiger partial charge in [-0.05, 0) is 102 Å². The summed E-state index contributed by atoms with van der Waals surface area (Å²) in [5.74, 6) is 1.93. The smallest absolute Gasteiger partial charge is 0.258 e. The Bertz CT molecular complexity index is 1850. The van der Waals surface area contributed by atoms with Crippen molar-refractivity contribution < 1.29 is 0 Å². The minimum Gasteiger partial charge on any atom is -0.315 e. The second kappa shape index (κ2) is 18.0. The lowest BCUT2D eigenvalue weighted by molar-refractivity contribution is 0.478. The van der Waals surface area contributed by atoms with Crippen molar-refractivity contribution in [3.63, 3.8) is 0 Å². The number of pyridine rings is 1. The Morgan fingerprint density at radius 3 is 2.30 bits per heavy atom. The second-order valence-corrected chi connectivity index (χ2v) is 14.9. The highest BCUT2D eigenvalue weighted by Crippen LogP contribution is 2.34. The zero-order chi connectivity index (χ0) is 35.6. The average Bonchev–Trinajstić information content (AvgIpc) is 3.11. The number of hydrogen-bond donors (Lipinski definition) is 1. The van der Waals surface area contributed by atoms with E-state index in [4.69, 9.17) is 16.6 Å². The van der Waals surface area contributed by atoms with Crippen LogP contribution in [0.5, 0.6) is 0 Å². The highest BCUT2D eigenvalue weighted by Gasteiger charge is 2.18. The van der Waals surface area contributed by atoms with Crippen LogP contribution in [0.15, 0.2) is 94.4 Å². The number of halogens is 1. The number of aliphatic imine (C=N–C) groups is 1. The molecule has 264 valence electrons. The maximum Gasteiger partial charge on any atom is 0.258 e. The molecule has 50 heavy (non-hydrogen) atoms. The molecule has 0 fully saturated rings. The lowest BCUT2D eigenvalue weighted by Crippen LogP contribution is -2.24. The van der Waals surface area contributed by atoms with Crippen LogP contribution >= 0.6 is 11.6 Å². The summed E-state index contributed by atoms with van der Waals surface area (Å²) in [6.07, 6.45) is 12.9. The van der Waals surface area contributed by atoms with Crippen LogP contribution < -0.4 is 10.9 Å². The highest BCUT2D eigenvalue weighted by molar-refractivity contribution is 6.33. The van der Waals surface area contributed by atoms with E-state index in [9.17, 15) is 4.79 Å². The first-order chi connectivity index (χ1) is 24.2.